The predicted molar refractivity (Wildman–Crippen MR) is 60.3 cm³/mol. The summed E-state index contributed by atoms with van der Waals surface area (Å²) in [4.78, 5) is 2.68. The molecule has 2 aliphatic heterocycles. The second-order valence-corrected chi connectivity index (χ2v) is 5.26. The largest absolute Gasteiger partial charge is 0.297 e. The Kier molecular flexibility index (Phi) is 3.13. The SMILES string of the molecule is CC1CCC(C)(N2CCCCCC2)N1. The molecule has 2 fully saturated rings. The first-order valence-corrected chi connectivity index (χ1v) is 6.23. The summed E-state index contributed by atoms with van der Waals surface area (Å²) in [5.74, 6) is 0. The lowest BCUT2D eigenvalue weighted by Gasteiger charge is -2.38. The number of likely N-dealkylation sites (tertiary alicyclic amines) is 1. The number of nitrogens with zero attached hydrogens (tertiary/aromatic N) is 1. The maximum absolute atomic E-state index is 3.75. The van der Waals surface area contributed by atoms with E-state index in [9.17, 15) is 0 Å². The molecule has 0 aromatic heterocycles. The molecule has 0 amide bonds. The zero-order valence-corrected chi connectivity index (χ0v) is 9.68. The number of rotatable bonds is 1. The van der Waals surface area contributed by atoms with Crippen molar-refractivity contribution in [1.29, 1.82) is 0 Å². The molecule has 2 rings (SSSR count). The molecule has 2 atom stereocenters. The quantitative estimate of drug-likeness (QED) is 0.692. The molecule has 2 saturated heterocycles. The number of hydrogen-bond donors (Lipinski definition) is 1. The maximum atomic E-state index is 3.75. The Morgan fingerprint density at radius 3 is 2.29 bits per heavy atom. The first-order chi connectivity index (χ1) is 6.71. The van der Waals surface area contributed by atoms with Gasteiger partial charge in [-0.05, 0) is 52.6 Å². The minimum atomic E-state index is 0.309. The molecule has 82 valence electrons. The predicted octanol–water partition coefficient (Wildman–Crippen LogP) is 2.35. The Balaban J connectivity index is 1.97. The van der Waals surface area contributed by atoms with Gasteiger partial charge in [-0.2, -0.15) is 0 Å². The molecule has 1 N–H and O–H groups in total. The molecule has 0 aliphatic carbocycles. The molecule has 2 nitrogen and oxygen atoms in total. The van der Waals surface area contributed by atoms with E-state index in [1.165, 1.54) is 51.6 Å². The Hall–Kier alpha value is -0.0800. The molecule has 0 aromatic carbocycles. The molecule has 14 heavy (non-hydrogen) atoms. The van der Waals surface area contributed by atoms with Gasteiger partial charge in [-0.25, -0.2) is 0 Å². The van der Waals surface area contributed by atoms with E-state index < -0.39 is 0 Å². The standard InChI is InChI=1S/C12H24N2/c1-11-7-8-12(2,13-11)14-9-5-3-4-6-10-14/h11,13H,3-10H2,1-2H3. The summed E-state index contributed by atoms with van der Waals surface area (Å²) >= 11 is 0. The maximum Gasteiger partial charge on any atom is 0.0686 e. The van der Waals surface area contributed by atoms with Crippen molar-refractivity contribution in [2.24, 2.45) is 0 Å². The third kappa shape index (κ3) is 2.12. The van der Waals surface area contributed by atoms with E-state index in [4.69, 9.17) is 0 Å². The van der Waals surface area contributed by atoms with Crippen LogP contribution in [-0.4, -0.2) is 29.7 Å². The summed E-state index contributed by atoms with van der Waals surface area (Å²) in [6.07, 6.45) is 8.32. The summed E-state index contributed by atoms with van der Waals surface area (Å²) < 4.78 is 0. The average molecular weight is 196 g/mol. The Morgan fingerprint density at radius 1 is 1.14 bits per heavy atom. The minimum absolute atomic E-state index is 0.309. The van der Waals surface area contributed by atoms with Crippen molar-refractivity contribution in [3.8, 4) is 0 Å². The van der Waals surface area contributed by atoms with Gasteiger partial charge >= 0.3 is 0 Å². The highest BCUT2D eigenvalue weighted by Crippen LogP contribution is 2.28. The van der Waals surface area contributed by atoms with Crippen molar-refractivity contribution in [2.45, 2.75) is 64.1 Å². The summed E-state index contributed by atoms with van der Waals surface area (Å²) in [6.45, 7) is 7.30. The zero-order chi connectivity index (χ0) is 10.0. The molecule has 0 saturated carbocycles. The Labute approximate surface area is 88.1 Å². The van der Waals surface area contributed by atoms with Gasteiger partial charge in [-0.1, -0.05) is 12.8 Å². The molecule has 2 heterocycles. The molecular formula is C12H24N2. The van der Waals surface area contributed by atoms with Crippen molar-refractivity contribution in [3.05, 3.63) is 0 Å². The smallest absolute Gasteiger partial charge is 0.0686 e. The van der Waals surface area contributed by atoms with Crippen LogP contribution in [0.2, 0.25) is 0 Å². The van der Waals surface area contributed by atoms with E-state index in [2.05, 4.69) is 24.1 Å². The Bertz CT molecular complexity index is 185. The molecule has 0 aromatic rings. The van der Waals surface area contributed by atoms with Crippen molar-refractivity contribution in [3.63, 3.8) is 0 Å². The van der Waals surface area contributed by atoms with Crippen LogP contribution in [0.15, 0.2) is 0 Å². The summed E-state index contributed by atoms with van der Waals surface area (Å²) in [7, 11) is 0. The van der Waals surface area contributed by atoms with Gasteiger partial charge in [0, 0.05) is 6.04 Å². The lowest BCUT2D eigenvalue weighted by Crippen LogP contribution is -2.54. The molecule has 0 radical (unpaired) electrons. The van der Waals surface area contributed by atoms with Gasteiger partial charge in [0.1, 0.15) is 0 Å². The van der Waals surface area contributed by atoms with Crippen molar-refractivity contribution in [1.82, 2.24) is 10.2 Å². The molecular weight excluding hydrogens is 172 g/mol. The second kappa shape index (κ2) is 4.19. The van der Waals surface area contributed by atoms with Gasteiger partial charge in [0.15, 0.2) is 0 Å². The fourth-order valence-electron chi connectivity index (χ4n) is 2.99. The van der Waals surface area contributed by atoms with Crippen LogP contribution in [-0.2, 0) is 0 Å². The minimum Gasteiger partial charge on any atom is -0.297 e. The number of hydrogen-bond acceptors (Lipinski definition) is 2. The third-order valence-corrected chi connectivity index (χ3v) is 3.93. The van der Waals surface area contributed by atoms with Gasteiger partial charge in [-0.15, -0.1) is 0 Å². The molecule has 0 bridgehead atoms. The Morgan fingerprint density at radius 2 is 1.79 bits per heavy atom. The molecule has 2 unspecified atom stereocenters. The van der Waals surface area contributed by atoms with E-state index >= 15 is 0 Å². The van der Waals surface area contributed by atoms with Gasteiger partial charge in [0.2, 0.25) is 0 Å². The highest BCUT2D eigenvalue weighted by molar-refractivity contribution is 4.93. The van der Waals surface area contributed by atoms with Crippen LogP contribution in [0, 0.1) is 0 Å². The highest BCUT2D eigenvalue weighted by Gasteiger charge is 2.37. The van der Waals surface area contributed by atoms with Gasteiger partial charge in [0.25, 0.3) is 0 Å². The average Bonchev–Trinajstić information content (AvgIpc) is 2.45. The van der Waals surface area contributed by atoms with E-state index in [0.717, 1.165) is 0 Å². The highest BCUT2D eigenvalue weighted by atomic mass is 15.3. The van der Waals surface area contributed by atoms with Crippen molar-refractivity contribution in [2.75, 3.05) is 13.1 Å². The van der Waals surface area contributed by atoms with E-state index in [1.54, 1.807) is 0 Å². The van der Waals surface area contributed by atoms with Crippen molar-refractivity contribution >= 4 is 0 Å². The monoisotopic (exact) mass is 196 g/mol. The molecule has 2 aliphatic rings. The van der Waals surface area contributed by atoms with Crippen LogP contribution in [0.4, 0.5) is 0 Å². The third-order valence-electron chi connectivity index (χ3n) is 3.93. The molecule has 0 spiro atoms. The zero-order valence-electron chi connectivity index (χ0n) is 9.68. The first kappa shape index (κ1) is 10.4. The summed E-state index contributed by atoms with van der Waals surface area (Å²) in [5.41, 5.74) is 0.309. The van der Waals surface area contributed by atoms with Crippen LogP contribution in [0.25, 0.3) is 0 Å². The van der Waals surface area contributed by atoms with Gasteiger partial charge in [0.05, 0.1) is 5.66 Å². The van der Waals surface area contributed by atoms with E-state index in [-0.39, 0.29) is 0 Å². The van der Waals surface area contributed by atoms with Crippen LogP contribution in [0.1, 0.15) is 52.4 Å². The van der Waals surface area contributed by atoms with Gasteiger partial charge in [-0.3, -0.25) is 10.2 Å². The van der Waals surface area contributed by atoms with Gasteiger partial charge < -0.3 is 0 Å². The van der Waals surface area contributed by atoms with Crippen LogP contribution in [0.5, 0.6) is 0 Å². The topological polar surface area (TPSA) is 15.3 Å². The van der Waals surface area contributed by atoms with E-state index in [0.29, 0.717) is 11.7 Å². The fourth-order valence-corrected chi connectivity index (χ4v) is 2.99. The van der Waals surface area contributed by atoms with Crippen LogP contribution < -0.4 is 5.32 Å². The lowest BCUT2D eigenvalue weighted by atomic mass is 10.1. The molecule has 2 heteroatoms. The van der Waals surface area contributed by atoms with E-state index in [1.807, 2.05) is 0 Å². The summed E-state index contributed by atoms with van der Waals surface area (Å²) in [6, 6.07) is 0.711. The second-order valence-electron chi connectivity index (χ2n) is 5.26. The summed E-state index contributed by atoms with van der Waals surface area (Å²) in [5, 5.41) is 3.75. The van der Waals surface area contributed by atoms with Crippen LogP contribution >= 0.6 is 0 Å². The normalized spacial score (nSPS) is 41.1. The first-order valence-electron chi connectivity index (χ1n) is 6.23. The number of nitrogens with one attached hydrogen (secondary N) is 1. The fraction of sp³-hybridized carbons (Fsp3) is 1.00. The van der Waals surface area contributed by atoms with Crippen molar-refractivity contribution < 1.29 is 0 Å². The van der Waals surface area contributed by atoms with Crippen LogP contribution in [0.3, 0.4) is 0 Å². The lowest BCUT2D eigenvalue weighted by molar-refractivity contribution is 0.0890.